The van der Waals surface area contributed by atoms with Crippen molar-refractivity contribution in [3.63, 3.8) is 0 Å². The summed E-state index contributed by atoms with van der Waals surface area (Å²) in [5.41, 5.74) is 1.15. The van der Waals surface area contributed by atoms with Crippen LogP contribution in [0.3, 0.4) is 0 Å². The van der Waals surface area contributed by atoms with Gasteiger partial charge in [0, 0.05) is 37.6 Å². The Balaban J connectivity index is 1.82. The predicted molar refractivity (Wildman–Crippen MR) is 85.9 cm³/mol. The predicted octanol–water partition coefficient (Wildman–Crippen LogP) is 2.95. The van der Waals surface area contributed by atoms with Gasteiger partial charge in [-0.3, -0.25) is 4.79 Å². The largest absolute Gasteiger partial charge is 0.459 e. The van der Waals surface area contributed by atoms with Crippen LogP contribution in [-0.2, 0) is 14.3 Å². The number of piperidine rings is 1. The molecule has 122 valence electrons. The van der Waals surface area contributed by atoms with E-state index in [9.17, 15) is 14.0 Å². The fourth-order valence-electron chi connectivity index (χ4n) is 2.29. The first-order chi connectivity index (χ1) is 11.0. The minimum atomic E-state index is -0.383. The number of halogens is 1. The molecule has 0 aromatic heterocycles. The average Bonchev–Trinajstić information content (AvgIpc) is 2.54. The van der Waals surface area contributed by atoms with Gasteiger partial charge in [0.05, 0.1) is 0 Å². The maximum Gasteiger partial charge on any atom is 0.333 e. The van der Waals surface area contributed by atoms with Crippen molar-refractivity contribution in [3.05, 3.63) is 53.9 Å². The van der Waals surface area contributed by atoms with E-state index in [1.807, 2.05) is 0 Å². The Morgan fingerprint density at radius 1 is 1.26 bits per heavy atom. The van der Waals surface area contributed by atoms with E-state index in [1.54, 1.807) is 30.0 Å². The van der Waals surface area contributed by atoms with Crippen LogP contribution in [0.2, 0.25) is 0 Å². The van der Waals surface area contributed by atoms with Crippen molar-refractivity contribution in [2.45, 2.75) is 25.9 Å². The van der Waals surface area contributed by atoms with Crippen molar-refractivity contribution in [2.75, 3.05) is 13.1 Å². The maximum atomic E-state index is 12.8. The molecule has 0 N–H and O–H groups in total. The molecule has 23 heavy (non-hydrogen) atoms. The van der Waals surface area contributed by atoms with Crippen LogP contribution in [0.15, 0.2) is 42.5 Å². The van der Waals surface area contributed by atoms with Crippen molar-refractivity contribution >= 4 is 18.0 Å². The van der Waals surface area contributed by atoms with Gasteiger partial charge in [-0.2, -0.15) is 0 Å². The van der Waals surface area contributed by atoms with Crippen molar-refractivity contribution in [2.24, 2.45) is 0 Å². The molecule has 0 spiro atoms. The Labute approximate surface area is 135 Å². The molecule has 1 aliphatic heterocycles. The molecule has 5 heteroatoms. The van der Waals surface area contributed by atoms with Crippen molar-refractivity contribution in [3.8, 4) is 0 Å². The van der Waals surface area contributed by atoms with E-state index in [0.717, 1.165) is 5.56 Å². The lowest BCUT2D eigenvalue weighted by atomic mass is 10.1. The first-order valence-corrected chi connectivity index (χ1v) is 7.55. The number of amides is 1. The third-order valence-corrected chi connectivity index (χ3v) is 3.66. The van der Waals surface area contributed by atoms with Crippen LogP contribution < -0.4 is 0 Å². The molecule has 1 saturated heterocycles. The van der Waals surface area contributed by atoms with Gasteiger partial charge in [0.2, 0.25) is 5.91 Å². The summed E-state index contributed by atoms with van der Waals surface area (Å²) in [6.45, 7) is 6.25. The first kappa shape index (κ1) is 16.9. The lowest BCUT2D eigenvalue weighted by Gasteiger charge is -2.31. The number of carbonyl (C=O) groups excluding carboxylic acids is 2. The van der Waals surface area contributed by atoms with E-state index >= 15 is 0 Å². The molecule has 1 fully saturated rings. The number of hydrogen-bond acceptors (Lipinski definition) is 3. The van der Waals surface area contributed by atoms with E-state index in [1.165, 1.54) is 18.2 Å². The average molecular weight is 317 g/mol. The van der Waals surface area contributed by atoms with Crippen LogP contribution in [0.25, 0.3) is 6.08 Å². The van der Waals surface area contributed by atoms with Crippen LogP contribution >= 0.6 is 0 Å². The molecule has 1 aromatic rings. The summed E-state index contributed by atoms with van der Waals surface area (Å²) < 4.78 is 18.1. The van der Waals surface area contributed by atoms with Gasteiger partial charge >= 0.3 is 5.97 Å². The summed E-state index contributed by atoms with van der Waals surface area (Å²) in [7, 11) is 0. The number of likely N-dealkylation sites (tertiary alicyclic amines) is 1. The smallest absolute Gasteiger partial charge is 0.333 e. The third kappa shape index (κ3) is 5.06. The summed E-state index contributed by atoms with van der Waals surface area (Å²) in [5.74, 6) is -0.787. The van der Waals surface area contributed by atoms with Gasteiger partial charge in [0.15, 0.2) is 0 Å². The zero-order valence-electron chi connectivity index (χ0n) is 13.1. The summed E-state index contributed by atoms with van der Waals surface area (Å²) in [4.78, 5) is 25.3. The molecule has 0 bridgehead atoms. The van der Waals surface area contributed by atoms with Crippen molar-refractivity contribution in [1.29, 1.82) is 0 Å². The Morgan fingerprint density at radius 2 is 1.87 bits per heavy atom. The van der Waals surface area contributed by atoms with Gasteiger partial charge in [0.1, 0.15) is 11.9 Å². The van der Waals surface area contributed by atoms with Crippen molar-refractivity contribution < 1.29 is 18.7 Å². The zero-order chi connectivity index (χ0) is 16.8. The van der Waals surface area contributed by atoms with Crippen LogP contribution in [0.4, 0.5) is 4.39 Å². The summed E-state index contributed by atoms with van der Waals surface area (Å²) in [6.07, 6.45) is 4.22. The highest BCUT2D eigenvalue weighted by atomic mass is 19.1. The number of ether oxygens (including phenoxy) is 1. The van der Waals surface area contributed by atoms with E-state index in [0.29, 0.717) is 31.5 Å². The number of hydrogen-bond donors (Lipinski definition) is 0. The lowest BCUT2D eigenvalue weighted by molar-refractivity contribution is -0.147. The second kappa shape index (κ2) is 7.72. The third-order valence-electron chi connectivity index (χ3n) is 3.66. The van der Waals surface area contributed by atoms with Gasteiger partial charge in [-0.15, -0.1) is 0 Å². The summed E-state index contributed by atoms with van der Waals surface area (Å²) in [5, 5.41) is 0. The Bertz CT molecular complexity index is 614. The summed E-state index contributed by atoms with van der Waals surface area (Å²) >= 11 is 0. The first-order valence-electron chi connectivity index (χ1n) is 7.55. The molecule has 4 nitrogen and oxygen atoms in total. The van der Waals surface area contributed by atoms with Gasteiger partial charge in [-0.25, -0.2) is 9.18 Å². The molecule has 0 unspecified atom stereocenters. The SMILES string of the molecule is C=C(C)C(=O)OC1CCN(C(=O)/C=C/c2ccc(F)cc2)CC1. The minimum absolute atomic E-state index is 0.0981. The molecule has 0 aliphatic carbocycles. The Morgan fingerprint density at radius 3 is 2.43 bits per heavy atom. The lowest BCUT2D eigenvalue weighted by Crippen LogP contribution is -2.40. The molecule has 2 rings (SSSR count). The molecule has 1 aliphatic rings. The Hall–Kier alpha value is -2.43. The fourth-order valence-corrected chi connectivity index (χ4v) is 2.29. The van der Waals surface area contributed by atoms with Crippen LogP contribution in [0.5, 0.6) is 0 Å². The van der Waals surface area contributed by atoms with E-state index < -0.39 is 0 Å². The normalized spacial score (nSPS) is 15.7. The number of nitrogens with zero attached hydrogens (tertiary/aromatic N) is 1. The Kier molecular flexibility index (Phi) is 5.68. The maximum absolute atomic E-state index is 12.8. The highest BCUT2D eigenvalue weighted by Crippen LogP contribution is 2.16. The number of benzene rings is 1. The highest BCUT2D eigenvalue weighted by molar-refractivity contribution is 5.91. The molecule has 0 radical (unpaired) electrons. The molecule has 1 amide bonds. The summed E-state index contributed by atoms with van der Waals surface area (Å²) in [6, 6.07) is 5.93. The topological polar surface area (TPSA) is 46.6 Å². The van der Waals surface area contributed by atoms with E-state index in [2.05, 4.69) is 6.58 Å². The second-order valence-corrected chi connectivity index (χ2v) is 5.60. The quantitative estimate of drug-likeness (QED) is 0.633. The van der Waals surface area contributed by atoms with E-state index in [-0.39, 0.29) is 23.8 Å². The molecule has 0 saturated carbocycles. The standard InChI is InChI=1S/C18H20FNO3/c1-13(2)18(22)23-16-9-11-20(12-10-16)17(21)8-5-14-3-6-15(19)7-4-14/h3-8,16H,1,9-12H2,2H3/b8-5+. The van der Waals surface area contributed by atoms with Crippen LogP contribution in [0.1, 0.15) is 25.3 Å². The van der Waals surface area contributed by atoms with Crippen LogP contribution in [-0.4, -0.2) is 36.0 Å². The number of carbonyl (C=O) groups is 2. The molecule has 1 aromatic carbocycles. The number of esters is 1. The van der Waals surface area contributed by atoms with Gasteiger partial charge in [-0.05, 0) is 30.7 Å². The second-order valence-electron chi connectivity index (χ2n) is 5.60. The molecular formula is C18H20FNO3. The van der Waals surface area contributed by atoms with Crippen molar-refractivity contribution in [1.82, 2.24) is 4.90 Å². The van der Waals surface area contributed by atoms with Gasteiger partial charge in [0.25, 0.3) is 0 Å². The van der Waals surface area contributed by atoms with Gasteiger partial charge < -0.3 is 9.64 Å². The van der Waals surface area contributed by atoms with Crippen LogP contribution in [0, 0.1) is 5.82 Å². The zero-order valence-corrected chi connectivity index (χ0v) is 13.1. The highest BCUT2D eigenvalue weighted by Gasteiger charge is 2.24. The molecular weight excluding hydrogens is 297 g/mol. The van der Waals surface area contributed by atoms with Gasteiger partial charge in [-0.1, -0.05) is 18.7 Å². The monoisotopic (exact) mass is 317 g/mol. The fraction of sp³-hybridized carbons (Fsp3) is 0.333. The number of rotatable bonds is 4. The van der Waals surface area contributed by atoms with E-state index in [4.69, 9.17) is 4.74 Å². The molecule has 0 atom stereocenters. The minimum Gasteiger partial charge on any atom is -0.459 e. The molecule has 1 heterocycles.